The van der Waals surface area contributed by atoms with Crippen LogP contribution in [-0.2, 0) is 25.5 Å². The van der Waals surface area contributed by atoms with Crippen molar-refractivity contribution in [2.45, 2.75) is 26.7 Å². The first-order chi connectivity index (χ1) is 15.9. The molecule has 2 heterocycles. The minimum Gasteiger partial charge on any atom is -0.455 e. The standard InChI is InChI=1S/C25H26N4O4/c1-3-18-9-11-20(12-10-18)28-15-19(14-24(28)31)25(32)33-16-23(30)26-22-13-17(2)27-29(22)21-7-5-4-6-8-21/h4-13,19H,3,14-16H2,1-2H3,(H,26,30). The van der Waals surface area contributed by atoms with Gasteiger partial charge in [0.2, 0.25) is 5.91 Å². The van der Waals surface area contributed by atoms with Gasteiger partial charge in [0.25, 0.3) is 5.91 Å². The highest BCUT2D eigenvalue weighted by molar-refractivity contribution is 6.00. The second kappa shape index (κ2) is 9.68. The monoisotopic (exact) mass is 446 g/mol. The Hall–Kier alpha value is -3.94. The van der Waals surface area contributed by atoms with E-state index in [-0.39, 0.29) is 18.9 Å². The van der Waals surface area contributed by atoms with Crippen LogP contribution in [0.5, 0.6) is 0 Å². The average molecular weight is 447 g/mol. The van der Waals surface area contributed by atoms with Crippen LogP contribution in [0, 0.1) is 12.8 Å². The van der Waals surface area contributed by atoms with Gasteiger partial charge in [-0.1, -0.05) is 37.3 Å². The van der Waals surface area contributed by atoms with Crippen molar-refractivity contribution in [3.8, 4) is 5.69 Å². The summed E-state index contributed by atoms with van der Waals surface area (Å²) in [7, 11) is 0. The molecule has 1 unspecified atom stereocenters. The molecular formula is C25H26N4O4. The zero-order valence-electron chi connectivity index (χ0n) is 18.7. The van der Waals surface area contributed by atoms with Crippen LogP contribution in [0.2, 0.25) is 0 Å². The third-order valence-corrected chi connectivity index (χ3v) is 5.56. The molecule has 170 valence electrons. The molecule has 3 aromatic rings. The van der Waals surface area contributed by atoms with Crippen molar-refractivity contribution in [3.05, 3.63) is 71.9 Å². The van der Waals surface area contributed by atoms with E-state index in [4.69, 9.17) is 4.74 Å². The number of amides is 2. The smallest absolute Gasteiger partial charge is 0.311 e. The highest BCUT2D eigenvalue weighted by Crippen LogP contribution is 2.26. The molecule has 8 heteroatoms. The summed E-state index contributed by atoms with van der Waals surface area (Å²) in [6.07, 6.45) is 0.979. The van der Waals surface area contributed by atoms with Gasteiger partial charge in [0.15, 0.2) is 6.61 Å². The van der Waals surface area contributed by atoms with Gasteiger partial charge < -0.3 is 15.0 Å². The highest BCUT2D eigenvalue weighted by Gasteiger charge is 2.36. The molecule has 1 aromatic heterocycles. The molecule has 2 aromatic carbocycles. The number of nitrogens with one attached hydrogen (secondary N) is 1. The molecule has 1 saturated heterocycles. The van der Waals surface area contributed by atoms with Crippen LogP contribution < -0.4 is 10.2 Å². The Balaban J connectivity index is 1.33. The predicted octanol–water partition coefficient (Wildman–Crippen LogP) is 3.28. The van der Waals surface area contributed by atoms with Gasteiger partial charge in [-0.15, -0.1) is 0 Å². The lowest BCUT2D eigenvalue weighted by molar-refractivity contribution is -0.151. The number of hydrogen-bond donors (Lipinski definition) is 1. The number of aryl methyl sites for hydroxylation is 2. The Morgan fingerprint density at radius 2 is 1.82 bits per heavy atom. The molecule has 4 rings (SSSR count). The quantitative estimate of drug-likeness (QED) is 0.562. The maximum atomic E-state index is 12.5. The van der Waals surface area contributed by atoms with E-state index in [1.165, 1.54) is 5.56 Å². The summed E-state index contributed by atoms with van der Waals surface area (Å²) in [5.74, 6) is -1.28. The first-order valence-corrected chi connectivity index (χ1v) is 10.9. The molecule has 1 N–H and O–H groups in total. The number of rotatable bonds is 7. The fourth-order valence-corrected chi connectivity index (χ4v) is 3.81. The molecule has 0 spiro atoms. The normalized spacial score (nSPS) is 15.5. The van der Waals surface area contributed by atoms with E-state index in [9.17, 15) is 14.4 Å². The summed E-state index contributed by atoms with van der Waals surface area (Å²) < 4.78 is 6.84. The summed E-state index contributed by atoms with van der Waals surface area (Å²) in [4.78, 5) is 39.0. The largest absolute Gasteiger partial charge is 0.455 e. The van der Waals surface area contributed by atoms with Crippen molar-refractivity contribution < 1.29 is 19.1 Å². The lowest BCUT2D eigenvalue weighted by Gasteiger charge is -2.17. The van der Waals surface area contributed by atoms with Crippen molar-refractivity contribution in [2.75, 3.05) is 23.4 Å². The van der Waals surface area contributed by atoms with Crippen molar-refractivity contribution in [1.29, 1.82) is 0 Å². The zero-order valence-corrected chi connectivity index (χ0v) is 18.7. The van der Waals surface area contributed by atoms with Crippen LogP contribution in [-0.4, -0.2) is 40.7 Å². The van der Waals surface area contributed by atoms with Gasteiger partial charge >= 0.3 is 5.97 Å². The summed E-state index contributed by atoms with van der Waals surface area (Å²) in [6.45, 7) is 3.70. The van der Waals surface area contributed by atoms with Crippen LogP contribution in [0.3, 0.4) is 0 Å². The molecule has 8 nitrogen and oxygen atoms in total. The second-order valence-corrected chi connectivity index (χ2v) is 8.00. The number of carbonyl (C=O) groups excluding carboxylic acids is 3. The molecule has 0 bridgehead atoms. The van der Waals surface area contributed by atoms with E-state index in [2.05, 4.69) is 17.3 Å². The summed E-state index contributed by atoms with van der Waals surface area (Å²) >= 11 is 0. The third-order valence-electron chi connectivity index (χ3n) is 5.56. The first kappa shape index (κ1) is 22.3. The number of benzene rings is 2. The number of carbonyl (C=O) groups is 3. The van der Waals surface area contributed by atoms with Crippen LogP contribution in [0.15, 0.2) is 60.7 Å². The van der Waals surface area contributed by atoms with E-state index in [1.54, 1.807) is 15.6 Å². The number of nitrogens with zero attached hydrogens (tertiary/aromatic N) is 3. The number of aromatic nitrogens is 2. The minimum absolute atomic E-state index is 0.0654. The predicted molar refractivity (Wildman–Crippen MR) is 124 cm³/mol. The minimum atomic E-state index is -0.603. The van der Waals surface area contributed by atoms with E-state index in [1.807, 2.05) is 61.5 Å². The highest BCUT2D eigenvalue weighted by atomic mass is 16.5. The molecule has 0 saturated carbocycles. The van der Waals surface area contributed by atoms with Crippen LogP contribution in [0.25, 0.3) is 5.69 Å². The van der Waals surface area contributed by atoms with E-state index < -0.39 is 24.4 Å². The lowest BCUT2D eigenvalue weighted by atomic mass is 10.1. The van der Waals surface area contributed by atoms with Crippen LogP contribution in [0.4, 0.5) is 11.5 Å². The van der Waals surface area contributed by atoms with Crippen LogP contribution in [0.1, 0.15) is 24.6 Å². The maximum Gasteiger partial charge on any atom is 0.311 e. The Bertz CT molecular complexity index is 1150. The molecule has 1 aliphatic heterocycles. The first-order valence-electron chi connectivity index (χ1n) is 10.9. The number of esters is 1. The molecule has 1 fully saturated rings. The van der Waals surface area contributed by atoms with Crippen molar-refractivity contribution >= 4 is 29.3 Å². The molecule has 33 heavy (non-hydrogen) atoms. The zero-order chi connectivity index (χ0) is 23.4. The van der Waals surface area contributed by atoms with Gasteiger partial charge in [-0.3, -0.25) is 14.4 Å². The molecule has 2 amide bonds. The van der Waals surface area contributed by atoms with Gasteiger partial charge in [0, 0.05) is 24.7 Å². The molecule has 0 radical (unpaired) electrons. The van der Waals surface area contributed by atoms with Gasteiger partial charge in [-0.05, 0) is 43.2 Å². The molecule has 1 aliphatic rings. The molecule has 0 aliphatic carbocycles. The number of para-hydroxylation sites is 1. The van der Waals surface area contributed by atoms with Crippen molar-refractivity contribution in [2.24, 2.45) is 5.92 Å². The van der Waals surface area contributed by atoms with Gasteiger partial charge in [-0.2, -0.15) is 5.10 Å². The topological polar surface area (TPSA) is 93.5 Å². The number of ether oxygens (including phenoxy) is 1. The number of anilines is 2. The van der Waals surface area contributed by atoms with Gasteiger partial charge in [-0.25, -0.2) is 4.68 Å². The Morgan fingerprint density at radius 1 is 1.09 bits per heavy atom. The van der Waals surface area contributed by atoms with Gasteiger partial charge in [0.1, 0.15) is 5.82 Å². The van der Waals surface area contributed by atoms with Crippen LogP contribution >= 0.6 is 0 Å². The Kier molecular flexibility index (Phi) is 6.53. The third kappa shape index (κ3) is 5.11. The average Bonchev–Trinajstić information content (AvgIpc) is 3.40. The van der Waals surface area contributed by atoms with Gasteiger partial charge in [0.05, 0.1) is 17.3 Å². The SMILES string of the molecule is CCc1ccc(N2CC(C(=O)OCC(=O)Nc3cc(C)nn3-c3ccccc3)CC2=O)cc1. The van der Waals surface area contributed by atoms with Crippen molar-refractivity contribution in [3.63, 3.8) is 0 Å². The summed E-state index contributed by atoms with van der Waals surface area (Å²) in [5.41, 5.74) is 3.48. The van der Waals surface area contributed by atoms with E-state index in [0.717, 1.165) is 23.5 Å². The van der Waals surface area contributed by atoms with E-state index in [0.29, 0.717) is 5.82 Å². The lowest BCUT2D eigenvalue weighted by Crippen LogP contribution is -2.28. The molecular weight excluding hydrogens is 420 g/mol. The number of hydrogen-bond acceptors (Lipinski definition) is 5. The summed E-state index contributed by atoms with van der Waals surface area (Å²) in [6, 6.07) is 18.9. The Morgan fingerprint density at radius 3 is 2.52 bits per heavy atom. The Labute approximate surface area is 192 Å². The summed E-state index contributed by atoms with van der Waals surface area (Å²) in [5, 5.41) is 7.14. The second-order valence-electron chi connectivity index (χ2n) is 8.00. The van der Waals surface area contributed by atoms with Crippen molar-refractivity contribution in [1.82, 2.24) is 9.78 Å². The molecule has 1 atom stereocenters. The fourth-order valence-electron chi connectivity index (χ4n) is 3.81. The fraction of sp³-hybridized carbons (Fsp3) is 0.280. The maximum absolute atomic E-state index is 12.5. The van der Waals surface area contributed by atoms with E-state index >= 15 is 0 Å².